The Morgan fingerprint density at radius 1 is 1.15 bits per heavy atom. The largest absolute Gasteiger partial charge is 0.496 e. The summed E-state index contributed by atoms with van der Waals surface area (Å²) in [6.07, 6.45) is 3.65. The van der Waals surface area contributed by atoms with Crippen molar-refractivity contribution in [3.63, 3.8) is 0 Å². The first kappa shape index (κ1) is 16.8. The van der Waals surface area contributed by atoms with Gasteiger partial charge < -0.3 is 14.5 Å². The van der Waals surface area contributed by atoms with E-state index in [1.807, 2.05) is 60.0 Å². The lowest BCUT2D eigenvalue weighted by Crippen LogP contribution is -2.14. The quantitative estimate of drug-likeness (QED) is 0.605. The number of ether oxygens (including phenoxy) is 1. The Morgan fingerprint density at radius 2 is 1.96 bits per heavy atom. The van der Waals surface area contributed by atoms with Crippen LogP contribution < -0.4 is 10.1 Å². The Kier molecular flexibility index (Phi) is 4.12. The van der Waals surface area contributed by atoms with E-state index in [1.165, 1.54) is 0 Å². The average molecular weight is 361 g/mol. The second kappa shape index (κ2) is 6.60. The molecule has 27 heavy (non-hydrogen) atoms. The molecule has 7 nitrogen and oxygen atoms in total. The van der Waals surface area contributed by atoms with Crippen LogP contribution in [0.1, 0.15) is 16.1 Å². The van der Waals surface area contributed by atoms with E-state index in [1.54, 1.807) is 25.0 Å². The van der Waals surface area contributed by atoms with Crippen molar-refractivity contribution in [2.45, 2.75) is 6.92 Å². The number of aryl methyl sites for hydroxylation is 2. The summed E-state index contributed by atoms with van der Waals surface area (Å²) in [4.78, 5) is 17.0. The van der Waals surface area contributed by atoms with Gasteiger partial charge in [0, 0.05) is 31.1 Å². The Balaban J connectivity index is 1.62. The maximum atomic E-state index is 12.6. The molecule has 0 unspecified atom stereocenters. The highest BCUT2D eigenvalue weighted by molar-refractivity contribution is 6.03. The van der Waals surface area contributed by atoms with E-state index in [0.29, 0.717) is 11.5 Å². The maximum absolute atomic E-state index is 12.6. The van der Waals surface area contributed by atoms with Crippen molar-refractivity contribution < 1.29 is 9.53 Å². The number of fused-ring (bicyclic) bond motifs is 1. The van der Waals surface area contributed by atoms with Gasteiger partial charge in [0.2, 0.25) is 0 Å². The van der Waals surface area contributed by atoms with Crippen molar-refractivity contribution in [1.29, 1.82) is 0 Å². The number of hydrogen-bond acceptors (Lipinski definition) is 4. The van der Waals surface area contributed by atoms with Gasteiger partial charge in [-0.05, 0) is 30.7 Å². The Hall–Kier alpha value is -3.61. The lowest BCUT2D eigenvalue weighted by atomic mass is 10.1. The minimum Gasteiger partial charge on any atom is -0.496 e. The molecule has 4 aromatic rings. The van der Waals surface area contributed by atoms with E-state index < -0.39 is 0 Å². The molecule has 1 amide bonds. The van der Waals surface area contributed by atoms with E-state index >= 15 is 0 Å². The number of nitrogens with zero attached hydrogens (tertiary/aromatic N) is 4. The van der Waals surface area contributed by atoms with Crippen LogP contribution >= 0.6 is 0 Å². The molecule has 1 aromatic carbocycles. The van der Waals surface area contributed by atoms with Crippen LogP contribution in [0.3, 0.4) is 0 Å². The molecule has 7 heteroatoms. The SMILES string of the molecule is COc1ccccc1-c1cc(NC(=O)c2cn3cc(C)ccc3n2)n(C)n1. The normalized spacial score (nSPS) is 10.9. The van der Waals surface area contributed by atoms with Crippen LogP contribution in [-0.2, 0) is 7.05 Å². The van der Waals surface area contributed by atoms with Gasteiger partial charge in [0.05, 0.1) is 12.8 Å². The average Bonchev–Trinajstić information content (AvgIpc) is 3.25. The van der Waals surface area contributed by atoms with Gasteiger partial charge in [-0.1, -0.05) is 18.2 Å². The van der Waals surface area contributed by atoms with Crippen LogP contribution in [0.2, 0.25) is 0 Å². The van der Waals surface area contributed by atoms with E-state index in [-0.39, 0.29) is 5.91 Å². The van der Waals surface area contributed by atoms with Gasteiger partial charge in [0.25, 0.3) is 5.91 Å². The number of benzene rings is 1. The van der Waals surface area contributed by atoms with Crippen molar-refractivity contribution in [2.75, 3.05) is 12.4 Å². The van der Waals surface area contributed by atoms with E-state index in [9.17, 15) is 4.79 Å². The number of nitrogens with one attached hydrogen (secondary N) is 1. The molecule has 0 radical (unpaired) electrons. The summed E-state index contributed by atoms with van der Waals surface area (Å²) in [7, 11) is 3.40. The van der Waals surface area contributed by atoms with Crippen LogP contribution in [0.4, 0.5) is 5.82 Å². The molecule has 0 aliphatic carbocycles. The Bertz CT molecular complexity index is 1140. The van der Waals surface area contributed by atoms with Crippen LogP contribution in [0.25, 0.3) is 16.9 Å². The second-order valence-electron chi connectivity index (χ2n) is 6.29. The highest BCUT2D eigenvalue weighted by atomic mass is 16.5. The fourth-order valence-corrected chi connectivity index (χ4v) is 2.96. The summed E-state index contributed by atoms with van der Waals surface area (Å²) in [5, 5.41) is 7.36. The number of anilines is 1. The minimum absolute atomic E-state index is 0.286. The molecule has 0 fully saturated rings. The van der Waals surface area contributed by atoms with E-state index in [0.717, 1.165) is 28.2 Å². The van der Waals surface area contributed by atoms with Gasteiger partial charge in [-0.25, -0.2) is 4.98 Å². The topological polar surface area (TPSA) is 73.4 Å². The molecular weight excluding hydrogens is 342 g/mol. The molecule has 4 rings (SSSR count). The number of para-hydroxylation sites is 1. The summed E-state index contributed by atoms with van der Waals surface area (Å²) in [5.74, 6) is 1.02. The molecule has 0 bridgehead atoms. The fraction of sp³-hybridized carbons (Fsp3) is 0.150. The predicted molar refractivity (Wildman–Crippen MR) is 103 cm³/mol. The fourth-order valence-electron chi connectivity index (χ4n) is 2.96. The first-order chi connectivity index (χ1) is 13.0. The number of imidazole rings is 1. The van der Waals surface area contributed by atoms with Crippen LogP contribution in [-0.4, -0.2) is 32.2 Å². The zero-order valence-electron chi connectivity index (χ0n) is 15.3. The highest BCUT2D eigenvalue weighted by Gasteiger charge is 2.16. The van der Waals surface area contributed by atoms with Gasteiger partial charge in [0.15, 0.2) is 0 Å². The summed E-state index contributed by atoms with van der Waals surface area (Å²) in [6.45, 7) is 1.99. The third-order valence-electron chi connectivity index (χ3n) is 4.34. The van der Waals surface area contributed by atoms with Crippen LogP contribution in [0.15, 0.2) is 54.9 Å². The van der Waals surface area contributed by atoms with Gasteiger partial charge in [0.1, 0.15) is 22.9 Å². The molecule has 0 saturated heterocycles. The molecule has 3 heterocycles. The molecule has 0 spiro atoms. The van der Waals surface area contributed by atoms with Gasteiger partial charge in [-0.15, -0.1) is 0 Å². The van der Waals surface area contributed by atoms with Gasteiger partial charge in [-0.2, -0.15) is 5.10 Å². The molecule has 3 aromatic heterocycles. The van der Waals surface area contributed by atoms with Crippen molar-refractivity contribution in [2.24, 2.45) is 7.05 Å². The van der Waals surface area contributed by atoms with Crippen LogP contribution in [0, 0.1) is 6.92 Å². The summed E-state index contributed by atoms with van der Waals surface area (Å²) in [5.41, 5.74) is 3.75. The molecule has 0 saturated carbocycles. The summed E-state index contributed by atoms with van der Waals surface area (Å²) < 4.78 is 8.86. The molecule has 136 valence electrons. The molecule has 0 atom stereocenters. The smallest absolute Gasteiger partial charge is 0.277 e. The first-order valence-corrected chi connectivity index (χ1v) is 8.49. The lowest BCUT2D eigenvalue weighted by molar-refractivity contribution is 0.102. The lowest BCUT2D eigenvalue weighted by Gasteiger charge is -2.04. The minimum atomic E-state index is -0.286. The first-order valence-electron chi connectivity index (χ1n) is 8.49. The zero-order valence-corrected chi connectivity index (χ0v) is 15.3. The standard InChI is InChI=1S/C20H19N5O2/c1-13-8-9-18-21-16(12-25(18)11-13)20(26)22-19-10-15(23-24(19)2)14-6-4-5-7-17(14)27-3/h4-12H,1-3H3,(H,22,26). The second-order valence-corrected chi connectivity index (χ2v) is 6.29. The van der Waals surface area contributed by atoms with Crippen molar-refractivity contribution in [3.05, 3.63) is 66.1 Å². The van der Waals surface area contributed by atoms with Crippen LogP contribution in [0.5, 0.6) is 5.75 Å². The monoisotopic (exact) mass is 361 g/mol. The Morgan fingerprint density at radius 3 is 2.78 bits per heavy atom. The predicted octanol–water partition coefficient (Wildman–Crippen LogP) is 3.30. The van der Waals surface area contributed by atoms with Crippen molar-refractivity contribution in [1.82, 2.24) is 19.2 Å². The Labute approximate surface area is 156 Å². The number of carbonyl (C=O) groups is 1. The highest BCUT2D eigenvalue weighted by Crippen LogP contribution is 2.30. The number of carbonyl (C=O) groups excluding carboxylic acids is 1. The van der Waals surface area contributed by atoms with Gasteiger partial charge >= 0.3 is 0 Å². The number of aromatic nitrogens is 4. The number of amides is 1. The zero-order chi connectivity index (χ0) is 19.0. The third-order valence-corrected chi connectivity index (χ3v) is 4.34. The summed E-state index contributed by atoms with van der Waals surface area (Å²) >= 11 is 0. The van der Waals surface area contributed by atoms with Crippen molar-refractivity contribution in [3.8, 4) is 17.0 Å². The number of rotatable bonds is 4. The molecule has 0 aliphatic heterocycles. The summed E-state index contributed by atoms with van der Waals surface area (Å²) in [6, 6.07) is 13.3. The maximum Gasteiger partial charge on any atom is 0.277 e. The number of methoxy groups -OCH3 is 1. The van der Waals surface area contributed by atoms with Gasteiger partial charge in [-0.3, -0.25) is 9.48 Å². The van der Waals surface area contributed by atoms with E-state index in [4.69, 9.17) is 4.74 Å². The molecular formula is C20H19N5O2. The number of pyridine rings is 1. The number of hydrogen-bond donors (Lipinski definition) is 1. The molecule has 1 N–H and O–H groups in total. The molecule has 0 aliphatic rings. The van der Waals surface area contributed by atoms with Crippen molar-refractivity contribution >= 4 is 17.4 Å². The van der Waals surface area contributed by atoms with E-state index in [2.05, 4.69) is 15.4 Å². The third kappa shape index (κ3) is 3.15.